The molecule has 0 aromatic carbocycles. The van der Waals surface area contributed by atoms with Gasteiger partial charge in [0.1, 0.15) is 25.4 Å². The highest BCUT2D eigenvalue weighted by atomic mass is 31.2. The van der Waals surface area contributed by atoms with E-state index in [9.17, 15) is 43.5 Å². The van der Waals surface area contributed by atoms with Crippen LogP contribution in [-0.4, -0.2) is 95.9 Å². The van der Waals surface area contributed by atoms with Gasteiger partial charge >= 0.3 is 33.6 Å². The number of phosphoric acid groups is 2. The van der Waals surface area contributed by atoms with Gasteiger partial charge in [0.25, 0.3) is 0 Å². The van der Waals surface area contributed by atoms with Crippen molar-refractivity contribution in [1.82, 2.24) is 0 Å². The average Bonchev–Trinajstić information content (AvgIpc) is 0.903. The lowest BCUT2D eigenvalue weighted by atomic mass is 10.1. The number of unbranched alkanes of at least 4 members (excludes halogenated alkanes) is 23. The van der Waals surface area contributed by atoms with Gasteiger partial charge in [0.05, 0.1) is 26.4 Å². The summed E-state index contributed by atoms with van der Waals surface area (Å²) in [7, 11) is -9.82. The van der Waals surface area contributed by atoms with Crippen molar-refractivity contribution in [2.24, 2.45) is 0 Å². The number of hydrogen-bond acceptors (Lipinski definition) is 14. The van der Waals surface area contributed by atoms with Crippen LogP contribution in [0.5, 0.6) is 0 Å². The van der Waals surface area contributed by atoms with Gasteiger partial charge in [-0.25, -0.2) is 9.13 Å². The predicted molar refractivity (Wildman–Crippen MR) is 445 cm³/mol. The summed E-state index contributed by atoms with van der Waals surface area (Å²) < 4.78 is 61.3. The quantitative estimate of drug-likeness (QED) is 0.0146. The monoisotopic (exact) mass is 1530 g/mol. The molecule has 5 atom stereocenters. The van der Waals surface area contributed by atoms with Crippen molar-refractivity contribution in [2.75, 3.05) is 39.6 Å². The highest BCUT2D eigenvalue weighted by Gasteiger charge is 2.29. The van der Waals surface area contributed by atoms with E-state index in [1.807, 2.05) is 0 Å². The van der Waals surface area contributed by atoms with E-state index in [1.165, 1.54) is 25.7 Å². The standard InChI is InChI=1S/C89H146O16P2/c1-4-7-10-13-16-19-22-25-28-31-34-37-40-41-44-46-48-51-54-57-60-63-66-69-72-75-87(92)99-78-84(90)79-101-106(95,96)102-80-85(91)81-103-107(97,98)104-83-86(105-89(94)77-74-71-68-65-62-59-56-53-50-47-43-39-36-33-30-27-24-21-18-15-12-9-6-3)82-100-88(93)76-73-70-67-64-61-58-55-52-49-45-42-38-35-32-29-26-23-20-17-14-11-8-5-2/h7-12,16-21,25-30,34-39,41,44-45,47,49-50,84-86,90-91H,4-6,13-15,22-24,31-33,40,42-43,46,48,51-83H2,1-3H3,(H,95,96)(H,97,98)/b10-7-,11-8-,12-9-,19-16-,20-17-,21-18-,28-25-,29-26-,30-27-,37-34-,38-35-,39-36-,44-41-,49-45-,50-47-. The highest BCUT2D eigenvalue weighted by Crippen LogP contribution is 2.45. The molecule has 0 saturated carbocycles. The molecular formula is C89H146O16P2. The zero-order valence-electron chi connectivity index (χ0n) is 66.5. The lowest BCUT2D eigenvalue weighted by Gasteiger charge is -2.21. The van der Waals surface area contributed by atoms with Crippen LogP contribution in [0.2, 0.25) is 0 Å². The number of hydrogen-bond donors (Lipinski definition) is 4. The summed E-state index contributed by atoms with van der Waals surface area (Å²) in [6.07, 6.45) is 103. The summed E-state index contributed by atoms with van der Waals surface area (Å²) in [5, 5.41) is 20.7. The van der Waals surface area contributed by atoms with E-state index in [-0.39, 0.29) is 19.3 Å². The van der Waals surface area contributed by atoms with Crippen LogP contribution in [0, 0.1) is 0 Å². The molecule has 5 unspecified atom stereocenters. The number of allylic oxidation sites excluding steroid dienone is 30. The Morgan fingerprint density at radius 2 is 0.467 bits per heavy atom. The van der Waals surface area contributed by atoms with Crippen LogP contribution < -0.4 is 0 Å². The Labute approximate surface area is 649 Å². The average molecular weight is 1530 g/mol. The van der Waals surface area contributed by atoms with Gasteiger partial charge in [0.2, 0.25) is 0 Å². The van der Waals surface area contributed by atoms with Crippen molar-refractivity contribution in [3.63, 3.8) is 0 Å². The Bertz CT molecular complexity index is 2670. The molecule has 0 aliphatic carbocycles. The molecule has 0 saturated heterocycles. The summed E-state index contributed by atoms with van der Waals surface area (Å²) >= 11 is 0. The number of esters is 3. The topological polar surface area (TPSA) is 231 Å². The van der Waals surface area contributed by atoms with Crippen LogP contribution in [0.4, 0.5) is 0 Å². The number of ether oxygens (including phenoxy) is 3. The van der Waals surface area contributed by atoms with E-state index >= 15 is 0 Å². The number of carbonyl (C=O) groups is 3. The van der Waals surface area contributed by atoms with E-state index < -0.39 is 91.5 Å². The molecule has 18 heteroatoms. The number of phosphoric ester groups is 2. The second kappa shape index (κ2) is 80.2. The van der Waals surface area contributed by atoms with Crippen LogP contribution in [0.25, 0.3) is 0 Å². The zero-order chi connectivity index (χ0) is 78.0. The fourth-order valence-electron chi connectivity index (χ4n) is 10.5. The number of aliphatic hydroxyl groups excluding tert-OH is 2. The fraction of sp³-hybridized carbons (Fsp3) is 0.629. The molecule has 0 heterocycles. The number of carbonyl (C=O) groups excluding carboxylic acids is 3. The summed E-state index contributed by atoms with van der Waals surface area (Å²) in [5.74, 6) is -1.61. The molecule has 4 N–H and O–H groups in total. The first-order valence-corrected chi connectivity index (χ1v) is 44.1. The van der Waals surface area contributed by atoms with Crippen molar-refractivity contribution in [3.05, 3.63) is 182 Å². The smallest absolute Gasteiger partial charge is 0.463 e. The molecule has 0 aliphatic rings. The van der Waals surface area contributed by atoms with Crippen molar-refractivity contribution in [1.29, 1.82) is 0 Å². The van der Waals surface area contributed by atoms with Gasteiger partial charge in [-0.2, -0.15) is 0 Å². The first kappa shape index (κ1) is 102. The Balaban J connectivity index is 4.73. The largest absolute Gasteiger partial charge is 0.472 e. The maximum Gasteiger partial charge on any atom is 0.472 e. The van der Waals surface area contributed by atoms with Crippen molar-refractivity contribution < 1.29 is 75.8 Å². The van der Waals surface area contributed by atoms with E-state index in [0.29, 0.717) is 19.3 Å². The molecule has 608 valence electrons. The molecule has 0 aliphatic heterocycles. The number of rotatable bonds is 76. The van der Waals surface area contributed by atoms with E-state index in [1.54, 1.807) is 0 Å². The summed E-state index contributed by atoms with van der Waals surface area (Å²) in [5.41, 5.74) is 0. The molecule has 0 aromatic heterocycles. The summed E-state index contributed by atoms with van der Waals surface area (Å²) in [6.45, 7) is 2.31. The fourth-order valence-corrected chi connectivity index (χ4v) is 12.1. The van der Waals surface area contributed by atoms with E-state index in [2.05, 4.69) is 203 Å². The van der Waals surface area contributed by atoms with Crippen LogP contribution in [-0.2, 0) is 55.8 Å². The molecule has 0 bridgehead atoms. The first-order chi connectivity index (χ1) is 52.2. The second-order valence-electron chi connectivity index (χ2n) is 26.8. The van der Waals surface area contributed by atoms with Crippen molar-refractivity contribution in [2.45, 2.75) is 322 Å². The maximum absolute atomic E-state index is 13.0. The van der Waals surface area contributed by atoms with Crippen LogP contribution >= 0.6 is 15.6 Å². The minimum atomic E-state index is -4.95. The minimum absolute atomic E-state index is 0.0816. The van der Waals surface area contributed by atoms with Crippen molar-refractivity contribution in [3.8, 4) is 0 Å². The summed E-state index contributed by atoms with van der Waals surface area (Å²) in [4.78, 5) is 58.8. The Morgan fingerprint density at radius 3 is 0.738 bits per heavy atom. The normalized spacial score (nSPS) is 14.9. The van der Waals surface area contributed by atoms with Gasteiger partial charge in [0.15, 0.2) is 6.10 Å². The molecule has 0 radical (unpaired) electrons. The van der Waals surface area contributed by atoms with Crippen molar-refractivity contribution >= 4 is 33.6 Å². The van der Waals surface area contributed by atoms with Gasteiger partial charge < -0.3 is 34.2 Å². The predicted octanol–water partition coefficient (Wildman–Crippen LogP) is 24.5. The minimum Gasteiger partial charge on any atom is -0.463 e. The van der Waals surface area contributed by atoms with E-state index in [4.69, 9.17) is 32.3 Å². The van der Waals surface area contributed by atoms with Gasteiger partial charge in [-0.3, -0.25) is 32.5 Å². The molecule has 0 rings (SSSR count). The number of aliphatic hydroxyl groups is 2. The lowest BCUT2D eigenvalue weighted by molar-refractivity contribution is -0.161. The first-order valence-electron chi connectivity index (χ1n) is 41.1. The molecule has 0 fully saturated rings. The maximum atomic E-state index is 13.0. The Kier molecular flexibility index (Phi) is 76.2. The Morgan fingerprint density at radius 1 is 0.262 bits per heavy atom. The third-order valence-corrected chi connectivity index (χ3v) is 18.5. The van der Waals surface area contributed by atoms with Crippen LogP contribution in [0.1, 0.15) is 303 Å². The zero-order valence-corrected chi connectivity index (χ0v) is 68.3. The summed E-state index contributed by atoms with van der Waals surface area (Å²) in [6, 6.07) is 0. The van der Waals surface area contributed by atoms with Gasteiger partial charge in [-0.1, -0.05) is 312 Å². The molecule has 107 heavy (non-hydrogen) atoms. The van der Waals surface area contributed by atoms with Crippen LogP contribution in [0.3, 0.4) is 0 Å². The van der Waals surface area contributed by atoms with Crippen LogP contribution in [0.15, 0.2) is 182 Å². The molecule has 0 spiro atoms. The highest BCUT2D eigenvalue weighted by molar-refractivity contribution is 7.47. The third kappa shape index (κ3) is 81.5. The van der Waals surface area contributed by atoms with E-state index in [0.717, 1.165) is 218 Å². The van der Waals surface area contributed by atoms with Gasteiger partial charge in [0, 0.05) is 19.3 Å². The SMILES string of the molecule is CC/C=C\C/C=C\C/C=C\C/C=C\C/C=C\CCCCCCCCCCCC(=O)OCC(O)COP(=O)(O)OCC(O)COP(=O)(O)OCC(COC(=O)CCCCCCCCC/C=C\C/C=C\C/C=C\C/C=C\C/C=C\CC)OC(=O)CCCCCCCCC/C=C\C/C=C\C/C=C\C/C=C\C/C=C\CC. The molecular weight excluding hydrogens is 1390 g/mol. The lowest BCUT2D eigenvalue weighted by Crippen LogP contribution is -2.30. The van der Waals surface area contributed by atoms with Gasteiger partial charge in [-0.05, 0) is 154 Å². The molecule has 16 nitrogen and oxygen atoms in total. The second-order valence-corrected chi connectivity index (χ2v) is 29.7. The van der Waals surface area contributed by atoms with Gasteiger partial charge in [-0.15, -0.1) is 0 Å². The Hall–Kier alpha value is -5.35. The third-order valence-electron chi connectivity index (χ3n) is 16.6. The molecule has 0 aromatic rings. The molecule has 0 amide bonds.